The molecule has 6 heteroatoms. The summed E-state index contributed by atoms with van der Waals surface area (Å²) in [7, 11) is 0. The Hall–Kier alpha value is -2.44. The zero-order valence-corrected chi connectivity index (χ0v) is 17.1. The molecular weight excluding hydrogens is 364 g/mol. The van der Waals surface area contributed by atoms with Crippen LogP contribution in [0.25, 0.3) is 0 Å². The fourth-order valence-electron chi connectivity index (χ4n) is 4.33. The number of hydrogen-bond acceptors (Lipinski definition) is 5. The summed E-state index contributed by atoms with van der Waals surface area (Å²) >= 11 is 0. The van der Waals surface area contributed by atoms with E-state index in [4.69, 9.17) is 0 Å². The first-order chi connectivity index (χ1) is 14.1. The van der Waals surface area contributed by atoms with Crippen molar-refractivity contribution in [2.24, 2.45) is 5.92 Å². The van der Waals surface area contributed by atoms with Crippen LogP contribution in [0.1, 0.15) is 11.3 Å². The fourth-order valence-corrected chi connectivity index (χ4v) is 4.33. The summed E-state index contributed by atoms with van der Waals surface area (Å²) < 4.78 is 0. The lowest BCUT2D eigenvalue weighted by molar-refractivity contribution is -0.131. The Kier molecular flexibility index (Phi) is 6.11. The van der Waals surface area contributed by atoms with Gasteiger partial charge in [0.2, 0.25) is 5.91 Å². The lowest BCUT2D eigenvalue weighted by Crippen LogP contribution is -2.50. The van der Waals surface area contributed by atoms with Crippen molar-refractivity contribution < 1.29 is 9.90 Å². The molecule has 1 amide bonds. The molecule has 29 heavy (non-hydrogen) atoms. The van der Waals surface area contributed by atoms with E-state index in [-0.39, 0.29) is 11.8 Å². The summed E-state index contributed by atoms with van der Waals surface area (Å²) in [5.74, 6) is 0.184. The number of hydrogen-bond donors (Lipinski definition) is 1. The number of pyridine rings is 1. The van der Waals surface area contributed by atoms with Gasteiger partial charge in [0.15, 0.2) is 0 Å². The number of β-amino-alcohol motifs (C(OH)–C–C–N with tert-alkyl or cyclic N) is 1. The highest BCUT2D eigenvalue weighted by Gasteiger charge is 2.34. The minimum absolute atomic E-state index is 0.0621. The second kappa shape index (κ2) is 8.93. The Morgan fingerprint density at radius 1 is 1.10 bits per heavy atom. The van der Waals surface area contributed by atoms with E-state index in [1.54, 1.807) is 6.20 Å². The standard InChI is InChI=1S/C23H30N4O2/c1-18-5-4-7-21(13-18)26-11-9-25(10-12-26)17-23(29)27-15-19(22(28)16-27)14-20-6-2-3-8-24-20/h2-8,13,19,22,28H,9-12,14-17H2,1H3/t19-,22-/m1/s1. The van der Waals surface area contributed by atoms with Gasteiger partial charge in [0.05, 0.1) is 12.6 Å². The van der Waals surface area contributed by atoms with Crippen LogP contribution in [0.5, 0.6) is 0 Å². The monoisotopic (exact) mass is 394 g/mol. The Morgan fingerprint density at radius 2 is 1.93 bits per heavy atom. The van der Waals surface area contributed by atoms with Gasteiger partial charge in [-0.25, -0.2) is 0 Å². The molecule has 1 aromatic carbocycles. The Bertz CT molecular complexity index is 821. The molecule has 0 spiro atoms. The molecule has 2 aliphatic rings. The van der Waals surface area contributed by atoms with Crippen molar-refractivity contribution in [2.75, 3.05) is 50.7 Å². The number of aryl methyl sites for hydroxylation is 1. The summed E-state index contributed by atoms with van der Waals surface area (Å²) in [5, 5.41) is 10.4. The molecule has 1 aromatic heterocycles. The van der Waals surface area contributed by atoms with E-state index in [0.717, 1.165) is 31.9 Å². The van der Waals surface area contributed by atoms with Gasteiger partial charge in [-0.3, -0.25) is 14.7 Å². The molecule has 0 saturated carbocycles. The van der Waals surface area contributed by atoms with Crippen molar-refractivity contribution in [1.82, 2.24) is 14.8 Å². The molecule has 0 bridgehead atoms. The number of nitrogens with zero attached hydrogens (tertiary/aromatic N) is 4. The number of benzene rings is 1. The van der Waals surface area contributed by atoms with Crippen LogP contribution in [0.3, 0.4) is 0 Å². The summed E-state index contributed by atoms with van der Waals surface area (Å²) in [5.41, 5.74) is 3.50. The highest BCUT2D eigenvalue weighted by Crippen LogP contribution is 2.22. The summed E-state index contributed by atoms with van der Waals surface area (Å²) in [6, 6.07) is 14.4. The summed E-state index contributed by atoms with van der Waals surface area (Å²) in [4.78, 5) is 23.6. The quantitative estimate of drug-likeness (QED) is 0.834. The topological polar surface area (TPSA) is 59.9 Å². The van der Waals surface area contributed by atoms with Gasteiger partial charge in [-0.2, -0.15) is 0 Å². The third kappa shape index (κ3) is 4.95. The largest absolute Gasteiger partial charge is 0.391 e. The van der Waals surface area contributed by atoms with Crippen LogP contribution < -0.4 is 4.90 Å². The first-order valence-corrected chi connectivity index (χ1v) is 10.5. The number of piperazine rings is 1. The molecule has 0 unspecified atom stereocenters. The van der Waals surface area contributed by atoms with Crippen molar-refractivity contribution in [2.45, 2.75) is 19.4 Å². The first-order valence-electron chi connectivity index (χ1n) is 10.5. The highest BCUT2D eigenvalue weighted by atomic mass is 16.3. The molecule has 2 atom stereocenters. The Morgan fingerprint density at radius 3 is 2.66 bits per heavy atom. The van der Waals surface area contributed by atoms with Crippen LogP contribution in [-0.4, -0.2) is 77.7 Å². The van der Waals surface area contributed by atoms with Gasteiger partial charge in [-0.1, -0.05) is 18.2 Å². The second-order valence-electron chi connectivity index (χ2n) is 8.25. The highest BCUT2D eigenvalue weighted by molar-refractivity contribution is 5.78. The van der Waals surface area contributed by atoms with Crippen molar-refractivity contribution in [3.63, 3.8) is 0 Å². The molecule has 2 aliphatic heterocycles. The number of aromatic nitrogens is 1. The average Bonchev–Trinajstić information content (AvgIpc) is 3.10. The second-order valence-corrected chi connectivity index (χ2v) is 8.25. The molecule has 4 rings (SSSR count). The van der Waals surface area contributed by atoms with E-state index in [9.17, 15) is 9.90 Å². The number of anilines is 1. The maximum atomic E-state index is 12.8. The molecule has 6 nitrogen and oxygen atoms in total. The van der Waals surface area contributed by atoms with E-state index in [1.807, 2.05) is 23.1 Å². The van der Waals surface area contributed by atoms with Gasteiger partial charge in [0, 0.05) is 62.8 Å². The van der Waals surface area contributed by atoms with Gasteiger partial charge in [0.1, 0.15) is 0 Å². The zero-order valence-electron chi connectivity index (χ0n) is 17.1. The van der Waals surface area contributed by atoms with Gasteiger partial charge < -0.3 is 14.9 Å². The van der Waals surface area contributed by atoms with E-state index < -0.39 is 6.10 Å². The molecule has 2 fully saturated rings. The lowest BCUT2D eigenvalue weighted by Gasteiger charge is -2.36. The van der Waals surface area contributed by atoms with Crippen LogP contribution in [-0.2, 0) is 11.2 Å². The molecule has 2 saturated heterocycles. The number of amides is 1. The van der Waals surface area contributed by atoms with Gasteiger partial charge in [-0.05, 0) is 43.2 Å². The first kappa shape index (κ1) is 19.9. The van der Waals surface area contributed by atoms with E-state index in [0.29, 0.717) is 26.1 Å². The van der Waals surface area contributed by atoms with Crippen molar-refractivity contribution in [3.05, 3.63) is 59.9 Å². The molecule has 0 aliphatic carbocycles. The predicted octanol–water partition coefficient (Wildman–Crippen LogP) is 1.57. The van der Waals surface area contributed by atoms with Crippen molar-refractivity contribution in [3.8, 4) is 0 Å². The fraction of sp³-hybridized carbons (Fsp3) is 0.478. The normalized spacial score (nSPS) is 22.8. The minimum Gasteiger partial charge on any atom is -0.391 e. The van der Waals surface area contributed by atoms with Crippen LogP contribution in [0.2, 0.25) is 0 Å². The molecule has 2 aromatic rings. The molecule has 1 N–H and O–H groups in total. The third-order valence-electron chi connectivity index (χ3n) is 6.05. The number of likely N-dealkylation sites (tertiary alicyclic amines) is 1. The van der Waals surface area contributed by atoms with E-state index in [1.165, 1.54) is 11.3 Å². The summed E-state index contributed by atoms with van der Waals surface area (Å²) in [6.45, 7) is 7.22. The van der Waals surface area contributed by atoms with E-state index >= 15 is 0 Å². The molecule has 154 valence electrons. The average molecular weight is 395 g/mol. The number of carbonyl (C=O) groups excluding carboxylic acids is 1. The smallest absolute Gasteiger partial charge is 0.236 e. The molecule has 3 heterocycles. The maximum absolute atomic E-state index is 12.8. The maximum Gasteiger partial charge on any atom is 0.236 e. The number of rotatable bonds is 5. The van der Waals surface area contributed by atoms with Gasteiger partial charge in [0.25, 0.3) is 0 Å². The minimum atomic E-state index is -0.473. The zero-order chi connectivity index (χ0) is 20.2. The van der Waals surface area contributed by atoms with Crippen LogP contribution in [0.4, 0.5) is 5.69 Å². The van der Waals surface area contributed by atoms with E-state index in [2.05, 4.69) is 46.0 Å². The van der Waals surface area contributed by atoms with Crippen LogP contribution >= 0.6 is 0 Å². The predicted molar refractivity (Wildman–Crippen MR) is 114 cm³/mol. The van der Waals surface area contributed by atoms with Gasteiger partial charge >= 0.3 is 0 Å². The van der Waals surface area contributed by atoms with Crippen LogP contribution in [0, 0.1) is 12.8 Å². The third-order valence-corrected chi connectivity index (χ3v) is 6.05. The number of aliphatic hydroxyl groups excluding tert-OH is 1. The Balaban J connectivity index is 1.26. The SMILES string of the molecule is Cc1cccc(N2CCN(CC(=O)N3C[C@@H](Cc4ccccn4)[C@H](O)C3)CC2)c1. The molecular formula is C23H30N4O2. The Labute approximate surface area is 172 Å². The molecule has 0 radical (unpaired) electrons. The lowest BCUT2D eigenvalue weighted by atomic mass is 10.00. The van der Waals surface area contributed by atoms with Crippen LogP contribution in [0.15, 0.2) is 48.7 Å². The van der Waals surface area contributed by atoms with Crippen molar-refractivity contribution in [1.29, 1.82) is 0 Å². The van der Waals surface area contributed by atoms with Crippen molar-refractivity contribution >= 4 is 11.6 Å². The summed E-state index contributed by atoms with van der Waals surface area (Å²) in [6.07, 6.45) is 2.01. The number of aliphatic hydroxyl groups is 1. The van der Waals surface area contributed by atoms with Gasteiger partial charge in [-0.15, -0.1) is 0 Å². The number of carbonyl (C=O) groups is 1.